The summed E-state index contributed by atoms with van der Waals surface area (Å²) < 4.78 is 0. The van der Waals surface area contributed by atoms with Crippen molar-refractivity contribution in [1.29, 1.82) is 0 Å². The maximum Gasteiger partial charge on any atom is 0.317 e. The van der Waals surface area contributed by atoms with Gasteiger partial charge in [0.25, 0.3) is 0 Å². The summed E-state index contributed by atoms with van der Waals surface area (Å²) in [5.41, 5.74) is 0. The number of rotatable bonds is 5. The van der Waals surface area contributed by atoms with Crippen LogP contribution in [0.3, 0.4) is 0 Å². The molecule has 2 amide bonds. The minimum Gasteiger partial charge on any atom is -0.335 e. The number of fused-ring (bicyclic) bond motifs is 1. The summed E-state index contributed by atoms with van der Waals surface area (Å²) >= 11 is 0. The fraction of sp³-hybridized carbons (Fsp3) is 0.947. The molecule has 3 aliphatic rings. The maximum atomic E-state index is 12.4. The predicted octanol–water partition coefficient (Wildman–Crippen LogP) is 2.23. The summed E-state index contributed by atoms with van der Waals surface area (Å²) in [5.74, 6) is 1.75. The molecule has 3 fully saturated rings. The van der Waals surface area contributed by atoms with E-state index in [1.54, 1.807) is 0 Å². The molecule has 2 saturated carbocycles. The molecule has 25 heavy (non-hydrogen) atoms. The third-order valence-electron chi connectivity index (χ3n) is 6.20. The molecule has 6 nitrogen and oxygen atoms in total. The van der Waals surface area contributed by atoms with E-state index in [-0.39, 0.29) is 18.5 Å². The second-order valence-corrected chi connectivity index (χ2v) is 8.34. The highest BCUT2D eigenvalue weighted by atomic mass is 16.2. The molecule has 0 aromatic rings. The highest BCUT2D eigenvalue weighted by Crippen LogP contribution is 2.40. The number of hydrogen-bond acceptors (Lipinski definition) is 4. The average molecular weight is 352 g/mol. The molecule has 3 rings (SSSR count). The van der Waals surface area contributed by atoms with Crippen LogP contribution in [0.15, 0.2) is 0 Å². The molecule has 1 heterocycles. The lowest BCUT2D eigenvalue weighted by atomic mass is 9.69. The van der Waals surface area contributed by atoms with Crippen LogP contribution in [0.2, 0.25) is 0 Å². The van der Waals surface area contributed by atoms with Crippen LogP contribution in [0.25, 0.3) is 0 Å². The lowest BCUT2D eigenvalue weighted by molar-refractivity contribution is 0.141. The monoisotopic (exact) mass is 351 g/mol. The van der Waals surface area contributed by atoms with Crippen LogP contribution in [0.4, 0.5) is 4.79 Å². The summed E-state index contributed by atoms with van der Waals surface area (Å²) in [6, 6.07) is 0.667. The zero-order valence-corrected chi connectivity index (χ0v) is 15.9. The van der Waals surface area contributed by atoms with Gasteiger partial charge in [-0.3, -0.25) is 10.6 Å². The second kappa shape index (κ2) is 9.19. The lowest BCUT2D eigenvalue weighted by Crippen LogP contribution is -2.68. The van der Waals surface area contributed by atoms with Gasteiger partial charge >= 0.3 is 6.03 Å². The van der Waals surface area contributed by atoms with E-state index in [4.69, 9.17) is 0 Å². The largest absolute Gasteiger partial charge is 0.335 e. The average Bonchev–Trinajstić information content (AvgIpc) is 2.59. The van der Waals surface area contributed by atoms with Crippen LogP contribution < -0.4 is 26.6 Å². The van der Waals surface area contributed by atoms with Gasteiger partial charge in [0, 0.05) is 12.1 Å². The molecule has 1 aliphatic heterocycles. The molecular weight excluding hydrogens is 314 g/mol. The molecule has 6 heteroatoms. The van der Waals surface area contributed by atoms with Crippen molar-refractivity contribution >= 4 is 6.03 Å². The smallest absolute Gasteiger partial charge is 0.317 e. The van der Waals surface area contributed by atoms with Crippen LogP contribution in [-0.2, 0) is 0 Å². The number of carbonyl (C=O) groups excluding carboxylic acids is 1. The van der Waals surface area contributed by atoms with E-state index >= 15 is 0 Å². The third kappa shape index (κ3) is 5.56. The summed E-state index contributed by atoms with van der Waals surface area (Å²) in [6.45, 7) is 5.33. The van der Waals surface area contributed by atoms with Gasteiger partial charge < -0.3 is 16.0 Å². The SMILES string of the molecule is CCCNC1CC(C)NC(NC(=O)NC2CCC3CCCCC3C2)N1. The van der Waals surface area contributed by atoms with Gasteiger partial charge in [0.15, 0.2) is 0 Å². The summed E-state index contributed by atoms with van der Waals surface area (Å²) in [4.78, 5) is 12.4. The molecule has 1 saturated heterocycles. The van der Waals surface area contributed by atoms with Gasteiger partial charge in [0.1, 0.15) is 6.29 Å². The molecule has 0 aromatic heterocycles. The highest BCUT2D eigenvalue weighted by molar-refractivity contribution is 5.74. The van der Waals surface area contributed by atoms with Crippen molar-refractivity contribution < 1.29 is 4.79 Å². The molecule has 6 unspecified atom stereocenters. The van der Waals surface area contributed by atoms with Crippen LogP contribution in [0.1, 0.15) is 71.6 Å². The molecule has 0 spiro atoms. The van der Waals surface area contributed by atoms with E-state index in [1.807, 2.05) is 0 Å². The van der Waals surface area contributed by atoms with Crippen molar-refractivity contribution in [2.45, 2.75) is 96.2 Å². The zero-order valence-electron chi connectivity index (χ0n) is 15.9. The quantitative estimate of drug-likeness (QED) is 0.526. The Balaban J connectivity index is 1.42. The second-order valence-electron chi connectivity index (χ2n) is 8.34. The molecule has 5 N–H and O–H groups in total. The van der Waals surface area contributed by atoms with Gasteiger partial charge in [-0.05, 0) is 57.4 Å². The summed E-state index contributed by atoms with van der Waals surface area (Å²) in [7, 11) is 0. The third-order valence-corrected chi connectivity index (χ3v) is 6.20. The number of amides is 2. The van der Waals surface area contributed by atoms with Gasteiger partial charge in [-0.15, -0.1) is 0 Å². The van der Waals surface area contributed by atoms with Crippen molar-refractivity contribution in [3.63, 3.8) is 0 Å². The first-order valence-corrected chi connectivity index (χ1v) is 10.5. The van der Waals surface area contributed by atoms with Gasteiger partial charge in [-0.25, -0.2) is 4.79 Å². The van der Waals surface area contributed by atoms with Gasteiger partial charge in [-0.2, -0.15) is 0 Å². The molecule has 0 bridgehead atoms. The molecule has 0 radical (unpaired) electrons. The molecule has 144 valence electrons. The Morgan fingerprint density at radius 1 is 1.00 bits per heavy atom. The Hall–Kier alpha value is -0.850. The van der Waals surface area contributed by atoms with Gasteiger partial charge in [-0.1, -0.05) is 32.6 Å². The van der Waals surface area contributed by atoms with E-state index in [2.05, 4.69) is 40.4 Å². The van der Waals surface area contributed by atoms with Crippen molar-refractivity contribution in [1.82, 2.24) is 26.6 Å². The van der Waals surface area contributed by atoms with Crippen molar-refractivity contribution in [2.75, 3.05) is 6.54 Å². The van der Waals surface area contributed by atoms with Crippen molar-refractivity contribution in [3.8, 4) is 0 Å². The fourth-order valence-electron chi connectivity index (χ4n) is 4.93. The molecule has 0 aromatic carbocycles. The number of urea groups is 1. The lowest BCUT2D eigenvalue weighted by Gasteiger charge is -2.40. The van der Waals surface area contributed by atoms with Crippen molar-refractivity contribution in [2.24, 2.45) is 11.8 Å². The zero-order chi connectivity index (χ0) is 17.6. The van der Waals surface area contributed by atoms with Gasteiger partial charge in [0.2, 0.25) is 0 Å². The van der Waals surface area contributed by atoms with Gasteiger partial charge in [0.05, 0.1) is 6.17 Å². The summed E-state index contributed by atoms with van der Waals surface area (Å²) in [6.07, 6.45) is 11.3. The van der Waals surface area contributed by atoms with Crippen LogP contribution >= 0.6 is 0 Å². The first-order valence-electron chi connectivity index (χ1n) is 10.5. The van der Waals surface area contributed by atoms with E-state index in [0.717, 1.165) is 37.6 Å². The Bertz CT molecular complexity index is 432. The first-order chi connectivity index (χ1) is 12.1. The standard InChI is InChI=1S/C19H37N5O/c1-3-10-20-17-11-13(2)21-18(23-17)24-19(25)22-16-9-8-14-6-4-5-7-15(14)12-16/h13-18,20-21,23H,3-12H2,1-2H3,(H2,22,24,25). The minimum absolute atomic E-state index is 0.0485. The normalized spacial score (nSPS) is 38.6. The minimum atomic E-state index is -0.177. The maximum absolute atomic E-state index is 12.4. The van der Waals surface area contributed by atoms with E-state index < -0.39 is 0 Å². The van der Waals surface area contributed by atoms with E-state index in [0.29, 0.717) is 12.1 Å². The highest BCUT2D eigenvalue weighted by Gasteiger charge is 2.33. The fourth-order valence-corrected chi connectivity index (χ4v) is 4.93. The van der Waals surface area contributed by atoms with Crippen LogP contribution in [0.5, 0.6) is 0 Å². The first kappa shape index (κ1) is 18.9. The predicted molar refractivity (Wildman–Crippen MR) is 101 cm³/mol. The topological polar surface area (TPSA) is 77.2 Å². The number of nitrogens with one attached hydrogen (secondary N) is 5. The number of carbonyl (C=O) groups is 1. The van der Waals surface area contributed by atoms with Crippen LogP contribution in [-0.4, -0.2) is 37.1 Å². The van der Waals surface area contributed by atoms with E-state index in [9.17, 15) is 4.79 Å². The molecule has 6 atom stereocenters. The Labute approximate surface area is 152 Å². The van der Waals surface area contributed by atoms with E-state index in [1.165, 1.54) is 38.5 Å². The molecule has 2 aliphatic carbocycles. The Morgan fingerprint density at radius 3 is 2.60 bits per heavy atom. The van der Waals surface area contributed by atoms with Crippen molar-refractivity contribution in [3.05, 3.63) is 0 Å². The molecular formula is C19H37N5O. The summed E-state index contributed by atoms with van der Waals surface area (Å²) in [5, 5.41) is 16.6. The number of hydrogen-bond donors (Lipinski definition) is 5. The Kier molecular flexibility index (Phi) is 6.96. The Morgan fingerprint density at radius 2 is 1.80 bits per heavy atom. The van der Waals surface area contributed by atoms with Crippen LogP contribution in [0, 0.1) is 11.8 Å².